The molecular weight excluding hydrogens is 196 g/mol. The molecule has 76 valence electrons. The van der Waals surface area contributed by atoms with Gasteiger partial charge in [-0.2, -0.15) is 0 Å². The Morgan fingerprint density at radius 3 is 2.79 bits per heavy atom. The van der Waals surface area contributed by atoms with Gasteiger partial charge in [0.05, 0.1) is 5.51 Å². The van der Waals surface area contributed by atoms with E-state index in [0.29, 0.717) is 12.2 Å². The minimum Gasteiger partial charge on any atom is -0.329 e. The highest BCUT2D eigenvalue weighted by atomic mass is 32.1. The minimum atomic E-state index is -0.298. The molecule has 0 spiro atoms. The van der Waals surface area contributed by atoms with Crippen LogP contribution in [0.5, 0.6) is 0 Å². The summed E-state index contributed by atoms with van der Waals surface area (Å²) < 4.78 is 0. The molecule has 14 heavy (non-hydrogen) atoms. The maximum atomic E-state index is 12.1. The number of thiazole rings is 1. The van der Waals surface area contributed by atoms with Crippen LogP contribution in [0.25, 0.3) is 0 Å². The van der Waals surface area contributed by atoms with Gasteiger partial charge in [-0.15, -0.1) is 11.3 Å². The summed E-state index contributed by atoms with van der Waals surface area (Å²) in [5.41, 5.74) is 7.73. The average molecular weight is 210 g/mol. The Labute approximate surface area is 87.3 Å². The van der Waals surface area contributed by atoms with Crippen molar-refractivity contribution in [1.82, 2.24) is 4.98 Å². The zero-order valence-corrected chi connectivity index (χ0v) is 8.85. The quantitative estimate of drug-likeness (QED) is 0.774. The van der Waals surface area contributed by atoms with Crippen molar-refractivity contribution in [1.29, 1.82) is 0 Å². The maximum absolute atomic E-state index is 12.1. The summed E-state index contributed by atoms with van der Waals surface area (Å²) >= 11 is 1.46. The lowest BCUT2D eigenvalue weighted by molar-refractivity contribution is 0.0805. The van der Waals surface area contributed by atoms with Gasteiger partial charge in [0, 0.05) is 17.3 Å². The summed E-state index contributed by atoms with van der Waals surface area (Å²) in [7, 11) is 0. The van der Waals surface area contributed by atoms with E-state index in [2.05, 4.69) is 4.98 Å². The molecule has 1 heterocycles. The van der Waals surface area contributed by atoms with E-state index in [1.807, 2.05) is 5.38 Å². The Bertz CT molecular complexity index is 315. The van der Waals surface area contributed by atoms with Crippen molar-refractivity contribution in [3.63, 3.8) is 0 Å². The standard InChI is InChI=1S/C10H14N2OS/c11-6-10(3-1-2-4-10)9(13)8-5-14-7-12-8/h5,7H,1-4,6,11H2. The van der Waals surface area contributed by atoms with Gasteiger partial charge in [-0.05, 0) is 12.8 Å². The zero-order chi connectivity index (χ0) is 10.0. The third-order valence-electron chi connectivity index (χ3n) is 3.10. The first-order valence-corrected chi connectivity index (χ1v) is 5.86. The topological polar surface area (TPSA) is 56.0 Å². The molecule has 0 saturated heterocycles. The number of nitrogens with two attached hydrogens (primary N) is 1. The van der Waals surface area contributed by atoms with E-state index >= 15 is 0 Å². The van der Waals surface area contributed by atoms with Crippen LogP contribution in [-0.2, 0) is 0 Å². The van der Waals surface area contributed by atoms with Crippen molar-refractivity contribution in [2.45, 2.75) is 25.7 Å². The number of aromatic nitrogens is 1. The Hall–Kier alpha value is -0.740. The number of hydrogen-bond donors (Lipinski definition) is 1. The zero-order valence-electron chi connectivity index (χ0n) is 8.03. The SMILES string of the molecule is NCC1(C(=O)c2cscn2)CCCC1. The van der Waals surface area contributed by atoms with Gasteiger partial charge in [-0.25, -0.2) is 4.98 Å². The fourth-order valence-electron chi connectivity index (χ4n) is 2.17. The molecule has 0 atom stereocenters. The van der Waals surface area contributed by atoms with Crippen LogP contribution >= 0.6 is 11.3 Å². The normalized spacial score (nSPS) is 19.8. The molecule has 0 amide bonds. The lowest BCUT2D eigenvalue weighted by Crippen LogP contribution is -2.36. The molecule has 2 rings (SSSR count). The lowest BCUT2D eigenvalue weighted by atomic mass is 9.80. The monoisotopic (exact) mass is 210 g/mol. The predicted molar refractivity (Wildman–Crippen MR) is 56.4 cm³/mol. The molecule has 4 heteroatoms. The van der Waals surface area contributed by atoms with Crippen molar-refractivity contribution in [3.8, 4) is 0 Å². The first-order valence-electron chi connectivity index (χ1n) is 4.91. The largest absolute Gasteiger partial charge is 0.329 e. The Balaban J connectivity index is 2.24. The van der Waals surface area contributed by atoms with E-state index in [-0.39, 0.29) is 11.2 Å². The summed E-state index contributed by atoms with van der Waals surface area (Å²) in [4.78, 5) is 16.2. The molecule has 0 unspecified atom stereocenters. The highest BCUT2D eigenvalue weighted by molar-refractivity contribution is 7.07. The number of carbonyl (C=O) groups is 1. The van der Waals surface area contributed by atoms with Crippen LogP contribution in [0.3, 0.4) is 0 Å². The van der Waals surface area contributed by atoms with E-state index in [9.17, 15) is 4.79 Å². The lowest BCUT2D eigenvalue weighted by Gasteiger charge is -2.24. The van der Waals surface area contributed by atoms with Gasteiger partial charge in [0.1, 0.15) is 5.69 Å². The van der Waals surface area contributed by atoms with Gasteiger partial charge in [-0.1, -0.05) is 12.8 Å². The second-order valence-electron chi connectivity index (χ2n) is 3.89. The number of ketones is 1. The molecule has 1 fully saturated rings. The predicted octanol–water partition coefficient (Wildman–Crippen LogP) is 1.84. The van der Waals surface area contributed by atoms with Crippen LogP contribution in [0.4, 0.5) is 0 Å². The Kier molecular flexibility index (Phi) is 2.65. The molecule has 3 nitrogen and oxygen atoms in total. The summed E-state index contributed by atoms with van der Waals surface area (Å²) in [6.45, 7) is 0.462. The summed E-state index contributed by atoms with van der Waals surface area (Å²) in [5.74, 6) is 0.152. The van der Waals surface area contributed by atoms with Gasteiger partial charge in [0.25, 0.3) is 0 Å². The molecule has 0 bridgehead atoms. The molecule has 0 aliphatic heterocycles. The van der Waals surface area contributed by atoms with E-state index in [0.717, 1.165) is 25.7 Å². The van der Waals surface area contributed by atoms with Crippen molar-refractivity contribution < 1.29 is 4.79 Å². The summed E-state index contributed by atoms with van der Waals surface area (Å²) in [6.07, 6.45) is 4.10. The van der Waals surface area contributed by atoms with Crippen molar-refractivity contribution in [2.24, 2.45) is 11.1 Å². The first-order chi connectivity index (χ1) is 6.78. The second kappa shape index (κ2) is 3.79. The number of hydrogen-bond acceptors (Lipinski definition) is 4. The van der Waals surface area contributed by atoms with Crippen LogP contribution < -0.4 is 5.73 Å². The average Bonchev–Trinajstić information content (AvgIpc) is 2.89. The molecule has 0 aromatic carbocycles. The smallest absolute Gasteiger partial charge is 0.189 e. The van der Waals surface area contributed by atoms with Crippen LogP contribution in [0, 0.1) is 5.41 Å². The number of nitrogens with zero attached hydrogens (tertiary/aromatic N) is 1. The van der Waals surface area contributed by atoms with Gasteiger partial charge in [-0.3, -0.25) is 4.79 Å². The van der Waals surface area contributed by atoms with Gasteiger partial charge < -0.3 is 5.73 Å². The molecule has 1 aliphatic carbocycles. The van der Waals surface area contributed by atoms with E-state index in [1.54, 1.807) is 5.51 Å². The molecule has 0 radical (unpaired) electrons. The molecular formula is C10H14N2OS. The Morgan fingerprint density at radius 2 is 2.29 bits per heavy atom. The fourth-order valence-corrected chi connectivity index (χ4v) is 2.70. The minimum absolute atomic E-state index is 0.152. The second-order valence-corrected chi connectivity index (χ2v) is 4.61. The van der Waals surface area contributed by atoms with E-state index in [1.165, 1.54) is 11.3 Å². The highest BCUT2D eigenvalue weighted by Gasteiger charge is 2.40. The van der Waals surface area contributed by atoms with Crippen LogP contribution in [0.1, 0.15) is 36.2 Å². The maximum Gasteiger partial charge on any atom is 0.189 e. The van der Waals surface area contributed by atoms with Crippen molar-refractivity contribution >= 4 is 17.1 Å². The molecule has 1 aromatic heterocycles. The first kappa shape index (κ1) is 9.80. The van der Waals surface area contributed by atoms with Gasteiger partial charge in [0.15, 0.2) is 5.78 Å². The number of carbonyl (C=O) groups excluding carboxylic acids is 1. The molecule has 1 saturated carbocycles. The van der Waals surface area contributed by atoms with E-state index < -0.39 is 0 Å². The highest BCUT2D eigenvalue weighted by Crippen LogP contribution is 2.39. The van der Waals surface area contributed by atoms with Gasteiger partial charge in [0.2, 0.25) is 0 Å². The van der Waals surface area contributed by atoms with Gasteiger partial charge >= 0.3 is 0 Å². The van der Waals surface area contributed by atoms with Crippen LogP contribution in [0.2, 0.25) is 0 Å². The Morgan fingerprint density at radius 1 is 1.57 bits per heavy atom. The third-order valence-corrected chi connectivity index (χ3v) is 3.68. The summed E-state index contributed by atoms with van der Waals surface area (Å²) in [6, 6.07) is 0. The van der Waals surface area contributed by atoms with Crippen LogP contribution in [0.15, 0.2) is 10.9 Å². The number of rotatable bonds is 3. The van der Waals surface area contributed by atoms with Crippen molar-refractivity contribution in [2.75, 3.05) is 6.54 Å². The van der Waals surface area contributed by atoms with Crippen molar-refractivity contribution in [3.05, 3.63) is 16.6 Å². The summed E-state index contributed by atoms with van der Waals surface area (Å²) in [5, 5.41) is 1.82. The molecule has 1 aliphatic rings. The van der Waals surface area contributed by atoms with Crippen LogP contribution in [-0.4, -0.2) is 17.3 Å². The third kappa shape index (κ3) is 1.48. The molecule has 1 aromatic rings. The molecule has 2 N–H and O–H groups in total. The fraction of sp³-hybridized carbons (Fsp3) is 0.600. The van der Waals surface area contributed by atoms with E-state index in [4.69, 9.17) is 5.73 Å². The number of Topliss-reactive ketones (excluding diaryl/α,β-unsaturated/α-hetero) is 1.